The fourth-order valence-corrected chi connectivity index (χ4v) is 2.64. The Morgan fingerprint density at radius 2 is 1.94 bits per heavy atom. The molecule has 1 aromatic heterocycles. The molecule has 0 amide bonds. The third-order valence-corrected chi connectivity index (χ3v) is 3.62. The summed E-state index contributed by atoms with van der Waals surface area (Å²) >= 11 is 11.6. The zero-order valence-corrected chi connectivity index (χ0v) is 12.2. The van der Waals surface area contributed by atoms with Gasteiger partial charge in [0.05, 0.1) is 6.04 Å². The van der Waals surface area contributed by atoms with Crippen LogP contribution in [0.4, 0.5) is 0 Å². The smallest absolute Gasteiger partial charge is 0.195 e. The van der Waals surface area contributed by atoms with Crippen LogP contribution in [0.25, 0.3) is 0 Å². The molecule has 0 saturated heterocycles. The number of benzene rings is 1. The number of nitrogens with one attached hydrogen (secondary N) is 1. The normalized spacial score (nSPS) is 12.9. The third-order valence-electron chi connectivity index (χ3n) is 2.99. The molecule has 1 atom stereocenters. The van der Waals surface area contributed by atoms with Crippen LogP contribution in [0.3, 0.4) is 0 Å². The van der Waals surface area contributed by atoms with Crippen molar-refractivity contribution in [3.63, 3.8) is 0 Å². The fraction of sp³-hybridized carbons (Fsp3) is 0.385. The van der Waals surface area contributed by atoms with Crippen LogP contribution in [0.2, 0.25) is 5.02 Å². The standard InChI is InChI=1S/C13H16ClN3S/c1-8(2)12-15-16-13(18)17(12)9(3)10-6-4-5-7-11(10)14/h4-9H,1-3H3,(H,16,18). The van der Waals surface area contributed by atoms with E-state index in [0.717, 1.165) is 16.4 Å². The molecule has 0 aliphatic heterocycles. The summed E-state index contributed by atoms with van der Waals surface area (Å²) in [5.74, 6) is 1.26. The number of aromatic amines is 1. The van der Waals surface area contributed by atoms with Crippen molar-refractivity contribution in [2.24, 2.45) is 0 Å². The van der Waals surface area contributed by atoms with E-state index in [1.165, 1.54) is 0 Å². The number of nitrogens with zero attached hydrogens (tertiary/aromatic N) is 2. The summed E-state index contributed by atoms with van der Waals surface area (Å²) in [6.45, 7) is 6.28. The Morgan fingerprint density at radius 1 is 1.28 bits per heavy atom. The summed E-state index contributed by atoms with van der Waals surface area (Å²) in [5, 5.41) is 7.91. The molecular weight excluding hydrogens is 266 g/mol. The Kier molecular flexibility index (Phi) is 3.88. The van der Waals surface area contributed by atoms with Crippen LogP contribution in [0, 0.1) is 4.77 Å². The monoisotopic (exact) mass is 281 g/mol. The number of rotatable bonds is 3. The molecule has 2 aromatic rings. The molecule has 0 radical (unpaired) electrons. The Labute approximate surface area is 117 Å². The van der Waals surface area contributed by atoms with Gasteiger partial charge in [0.15, 0.2) is 4.77 Å². The number of hydrogen-bond donors (Lipinski definition) is 1. The van der Waals surface area contributed by atoms with Gasteiger partial charge in [-0.3, -0.25) is 9.67 Å². The van der Waals surface area contributed by atoms with Crippen molar-refractivity contribution >= 4 is 23.8 Å². The molecule has 0 spiro atoms. The van der Waals surface area contributed by atoms with Gasteiger partial charge in [-0.05, 0) is 30.8 Å². The summed E-state index contributed by atoms with van der Waals surface area (Å²) < 4.78 is 2.66. The van der Waals surface area contributed by atoms with Crippen LogP contribution in [0.1, 0.15) is 44.1 Å². The zero-order valence-electron chi connectivity index (χ0n) is 10.6. The first kappa shape index (κ1) is 13.3. The molecule has 0 aliphatic rings. The predicted octanol–water partition coefficient (Wildman–Crippen LogP) is 4.33. The predicted molar refractivity (Wildman–Crippen MR) is 76.8 cm³/mol. The first-order chi connectivity index (χ1) is 8.52. The van der Waals surface area contributed by atoms with E-state index in [2.05, 4.69) is 31.0 Å². The maximum absolute atomic E-state index is 6.24. The van der Waals surface area contributed by atoms with Crippen molar-refractivity contribution in [3.8, 4) is 0 Å². The van der Waals surface area contributed by atoms with E-state index >= 15 is 0 Å². The van der Waals surface area contributed by atoms with Gasteiger partial charge < -0.3 is 0 Å². The van der Waals surface area contributed by atoms with Gasteiger partial charge in [0.2, 0.25) is 0 Å². The minimum atomic E-state index is 0.0716. The highest BCUT2D eigenvalue weighted by Gasteiger charge is 2.18. The lowest BCUT2D eigenvalue weighted by molar-refractivity contribution is 0.573. The molecule has 0 bridgehead atoms. The van der Waals surface area contributed by atoms with Gasteiger partial charge in [0.25, 0.3) is 0 Å². The SMILES string of the molecule is CC(C)c1n[nH]c(=S)n1C(C)c1ccccc1Cl. The lowest BCUT2D eigenvalue weighted by Gasteiger charge is -2.18. The Hall–Kier alpha value is -1.13. The number of hydrogen-bond acceptors (Lipinski definition) is 2. The molecule has 18 heavy (non-hydrogen) atoms. The van der Waals surface area contributed by atoms with Gasteiger partial charge in [-0.15, -0.1) is 0 Å². The van der Waals surface area contributed by atoms with Crippen molar-refractivity contribution in [1.82, 2.24) is 14.8 Å². The van der Waals surface area contributed by atoms with Crippen LogP contribution in [0.5, 0.6) is 0 Å². The summed E-state index contributed by atoms with van der Waals surface area (Å²) in [5.41, 5.74) is 1.05. The second kappa shape index (κ2) is 5.24. The summed E-state index contributed by atoms with van der Waals surface area (Å²) in [4.78, 5) is 0. The quantitative estimate of drug-likeness (QED) is 0.850. The van der Waals surface area contributed by atoms with E-state index in [9.17, 15) is 0 Å². The molecule has 5 heteroatoms. The average Bonchev–Trinajstić information content (AvgIpc) is 2.71. The molecule has 0 aliphatic carbocycles. The van der Waals surface area contributed by atoms with Crippen molar-refractivity contribution in [2.75, 3.05) is 0 Å². The molecule has 0 saturated carbocycles. The van der Waals surface area contributed by atoms with Gasteiger partial charge in [0.1, 0.15) is 5.82 Å². The van der Waals surface area contributed by atoms with Crippen molar-refractivity contribution < 1.29 is 0 Å². The minimum absolute atomic E-state index is 0.0716. The van der Waals surface area contributed by atoms with Gasteiger partial charge >= 0.3 is 0 Å². The zero-order chi connectivity index (χ0) is 13.3. The number of aromatic nitrogens is 3. The van der Waals surface area contributed by atoms with Crippen LogP contribution >= 0.6 is 23.8 Å². The summed E-state index contributed by atoms with van der Waals surface area (Å²) in [6, 6.07) is 7.90. The Bertz CT molecular complexity index is 600. The summed E-state index contributed by atoms with van der Waals surface area (Å²) in [6.07, 6.45) is 0. The largest absolute Gasteiger partial charge is 0.297 e. The van der Waals surface area contributed by atoms with Crippen LogP contribution in [0.15, 0.2) is 24.3 Å². The van der Waals surface area contributed by atoms with Crippen molar-refractivity contribution in [3.05, 3.63) is 45.4 Å². The van der Waals surface area contributed by atoms with E-state index in [-0.39, 0.29) is 6.04 Å². The molecule has 96 valence electrons. The first-order valence-electron chi connectivity index (χ1n) is 5.93. The van der Waals surface area contributed by atoms with Gasteiger partial charge in [-0.1, -0.05) is 43.6 Å². The van der Waals surface area contributed by atoms with E-state index in [4.69, 9.17) is 23.8 Å². The maximum Gasteiger partial charge on any atom is 0.195 e. The third kappa shape index (κ3) is 2.35. The molecule has 1 N–H and O–H groups in total. The number of halogens is 1. The van der Waals surface area contributed by atoms with Crippen molar-refractivity contribution in [1.29, 1.82) is 0 Å². The molecule has 3 nitrogen and oxygen atoms in total. The fourth-order valence-electron chi connectivity index (χ4n) is 2.05. The van der Waals surface area contributed by atoms with E-state index in [1.807, 2.05) is 28.8 Å². The van der Waals surface area contributed by atoms with Crippen LogP contribution < -0.4 is 0 Å². The second-order valence-electron chi connectivity index (χ2n) is 4.61. The highest BCUT2D eigenvalue weighted by Crippen LogP contribution is 2.28. The van der Waals surface area contributed by atoms with Crippen LogP contribution in [-0.2, 0) is 0 Å². The molecule has 1 heterocycles. The molecular formula is C13H16ClN3S. The number of H-pyrrole nitrogens is 1. The molecule has 1 aromatic carbocycles. The molecule has 1 unspecified atom stereocenters. The molecule has 0 fully saturated rings. The van der Waals surface area contributed by atoms with Crippen LogP contribution in [-0.4, -0.2) is 14.8 Å². The maximum atomic E-state index is 6.24. The van der Waals surface area contributed by atoms with Gasteiger partial charge in [0, 0.05) is 10.9 Å². The van der Waals surface area contributed by atoms with Gasteiger partial charge in [-0.25, -0.2) is 0 Å². The highest BCUT2D eigenvalue weighted by molar-refractivity contribution is 7.71. The van der Waals surface area contributed by atoms with E-state index < -0.39 is 0 Å². The van der Waals surface area contributed by atoms with E-state index in [1.54, 1.807) is 0 Å². The Morgan fingerprint density at radius 3 is 2.56 bits per heavy atom. The average molecular weight is 282 g/mol. The Balaban J connectivity index is 2.53. The van der Waals surface area contributed by atoms with E-state index in [0.29, 0.717) is 10.7 Å². The lowest BCUT2D eigenvalue weighted by Crippen LogP contribution is -2.12. The lowest BCUT2D eigenvalue weighted by atomic mass is 10.1. The molecule has 2 rings (SSSR count). The highest BCUT2D eigenvalue weighted by atomic mass is 35.5. The topological polar surface area (TPSA) is 33.6 Å². The van der Waals surface area contributed by atoms with Gasteiger partial charge in [-0.2, -0.15) is 5.10 Å². The van der Waals surface area contributed by atoms with Crippen molar-refractivity contribution in [2.45, 2.75) is 32.7 Å². The second-order valence-corrected chi connectivity index (χ2v) is 5.40. The minimum Gasteiger partial charge on any atom is -0.297 e. The summed E-state index contributed by atoms with van der Waals surface area (Å²) in [7, 11) is 0. The first-order valence-corrected chi connectivity index (χ1v) is 6.72.